The molecular formula is C11H19NO2. The molecule has 0 unspecified atom stereocenters. The summed E-state index contributed by atoms with van der Waals surface area (Å²) in [5.74, 6) is 0.395. The van der Waals surface area contributed by atoms with Crippen LogP contribution in [0.25, 0.3) is 0 Å². The van der Waals surface area contributed by atoms with E-state index in [4.69, 9.17) is 4.74 Å². The molecule has 80 valence electrons. The Morgan fingerprint density at radius 2 is 1.93 bits per heavy atom. The van der Waals surface area contributed by atoms with Crippen LogP contribution in [0.4, 0.5) is 0 Å². The van der Waals surface area contributed by atoms with Gasteiger partial charge in [-0.25, -0.2) is 0 Å². The maximum Gasteiger partial charge on any atom is 0.293 e. The maximum atomic E-state index is 11.5. The second kappa shape index (κ2) is 6.24. The molecule has 1 aromatic rings. The molecule has 0 saturated carbocycles. The molecule has 0 aliphatic heterocycles. The van der Waals surface area contributed by atoms with Gasteiger partial charge in [0.15, 0.2) is 5.75 Å². The van der Waals surface area contributed by atoms with Crippen LogP contribution < -0.4 is 10.3 Å². The molecule has 0 N–H and O–H groups in total. The van der Waals surface area contributed by atoms with Crippen LogP contribution in [0.2, 0.25) is 0 Å². The number of pyridine rings is 1. The van der Waals surface area contributed by atoms with E-state index in [1.807, 2.05) is 27.7 Å². The number of nitrogens with zero attached hydrogens (tertiary/aromatic N) is 1. The number of hydrogen-bond acceptors (Lipinski definition) is 2. The Morgan fingerprint density at radius 1 is 1.36 bits per heavy atom. The minimum absolute atomic E-state index is 0.0741. The summed E-state index contributed by atoms with van der Waals surface area (Å²) in [5.41, 5.74) is -0.0741. The average molecular weight is 197 g/mol. The molecule has 14 heavy (non-hydrogen) atoms. The minimum Gasteiger partial charge on any atom is -0.491 e. The van der Waals surface area contributed by atoms with Crippen LogP contribution in [0.5, 0.6) is 5.75 Å². The van der Waals surface area contributed by atoms with Crippen LogP contribution in [0.15, 0.2) is 23.1 Å². The number of methoxy groups -OCH3 is 1. The summed E-state index contributed by atoms with van der Waals surface area (Å²) >= 11 is 0. The molecule has 0 spiro atoms. The van der Waals surface area contributed by atoms with Crippen LogP contribution in [0, 0.1) is 0 Å². The first-order valence-corrected chi connectivity index (χ1v) is 4.92. The van der Waals surface area contributed by atoms with Crippen LogP contribution in [-0.2, 0) is 0 Å². The molecule has 0 aliphatic carbocycles. The molecule has 0 aliphatic rings. The highest BCUT2D eigenvalue weighted by molar-refractivity contribution is 5.17. The van der Waals surface area contributed by atoms with Crippen molar-refractivity contribution in [2.45, 2.75) is 33.7 Å². The Morgan fingerprint density at radius 3 is 2.36 bits per heavy atom. The summed E-state index contributed by atoms with van der Waals surface area (Å²) in [5, 5.41) is 0. The molecular weight excluding hydrogens is 178 g/mol. The average Bonchev–Trinajstić information content (AvgIpc) is 2.21. The zero-order valence-electron chi connectivity index (χ0n) is 9.57. The topological polar surface area (TPSA) is 31.2 Å². The summed E-state index contributed by atoms with van der Waals surface area (Å²) in [6, 6.07) is 3.65. The molecule has 3 nitrogen and oxygen atoms in total. The Labute approximate surface area is 85.3 Å². The highest BCUT2D eigenvalue weighted by Crippen LogP contribution is 2.04. The fraction of sp³-hybridized carbons (Fsp3) is 0.545. The number of rotatable bonds is 2. The van der Waals surface area contributed by atoms with Crippen molar-refractivity contribution in [3.63, 3.8) is 0 Å². The van der Waals surface area contributed by atoms with Crippen LogP contribution in [0.3, 0.4) is 0 Å². The molecule has 0 bridgehead atoms. The highest BCUT2D eigenvalue weighted by atomic mass is 16.5. The lowest BCUT2D eigenvalue weighted by Crippen LogP contribution is -2.21. The van der Waals surface area contributed by atoms with Gasteiger partial charge in [-0.2, -0.15) is 0 Å². The van der Waals surface area contributed by atoms with E-state index in [9.17, 15) is 4.79 Å². The summed E-state index contributed by atoms with van der Waals surface area (Å²) in [6.45, 7) is 7.92. The van der Waals surface area contributed by atoms with E-state index in [2.05, 4.69) is 0 Å². The van der Waals surface area contributed by atoms with Gasteiger partial charge in [0.2, 0.25) is 0 Å². The summed E-state index contributed by atoms with van der Waals surface area (Å²) < 4.78 is 6.54. The fourth-order valence-electron chi connectivity index (χ4n) is 1.05. The second-order valence-electron chi connectivity index (χ2n) is 2.88. The van der Waals surface area contributed by atoms with Crippen LogP contribution >= 0.6 is 0 Å². The lowest BCUT2D eigenvalue weighted by atomic mass is 10.3. The molecule has 0 atom stereocenters. The predicted molar refractivity (Wildman–Crippen MR) is 59.0 cm³/mol. The molecule has 0 saturated heterocycles. The molecule has 0 fully saturated rings. The van der Waals surface area contributed by atoms with Gasteiger partial charge in [0.25, 0.3) is 5.56 Å². The third-order valence-electron chi connectivity index (χ3n) is 1.72. The van der Waals surface area contributed by atoms with Crippen LogP contribution in [-0.4, -0.2) is 11.7 Å². The van der Waals surface area contributed by atoms with E-state index in [1.165, 1.54) is 7.11 Å². The second-order valence-corrected chi connectivity index (χ2v) is 2.88. The van der Waals surface area contributed by atoms with Gasteiger partial charge >= 0.3 is 0 Å². The van der Waals surface area contributed by atoms with Crippen molar-refractivity contribution in [2.75, 3.05) is 7.11 Å². The van der Waals surface area contributed by atoms with E-state index in [0.29, 0.717) is 5.75 Å². The molecule has 1 heterocycles. The van der Waals surface area contributed by atoms with Gasteiger partial charge in [-0.1, -0.05) is 13.8 Å². The van der Waals surface area contributed by atoms with Crippen molar-refractivity contribution in [3.05, 3.63) is 28.7 Å². The van der Waals surface area contributed by atoms with E-state index in [0.717, 1.165) is 0 Å². The first-order chi connectivity index (χ1) is 6.66. The lowest BCUT2D eigenvalue weighted by Gasteiger charge is -2.09. The standard InChI is InChI=1S/C9H13NO2.C2H6/c1-7(2)10-6-4-5-8(12-3)9(10)11;1-2/h4-7H,1-3H3;1-2H3. The Hall–Kier alpha value is -1.25. The smallest absolute Gasteiger partial charge is 0.293 e. The summed E-state index contributed by atoms with van der Waals surface area (Å²) in [7, 11) is 1.50. The zero-order chi connectivity index (χ0) is 11.1. The maximum absolute atomic E-state index is 11.5. The van der Waals surface area contributed by atoms with E-state index < -0.39 is 0 Å². The molecule has 1 aromatic heterocycles. The fourth-order valence-corrected chi connectivity index (χ4v) is 1.05. The minimum atomic E-state index is -0.0741. The molecule has 0 amide bonds. The highest BCUT2D eigenvalue weighted by Gasteiger charge is 2.04. The zero-order valence-corrected chi connectivity index (χ0v) is 9.57. The SMILES string of the molecule is CC.COc1cccn(C(C)C)c1=O. The first kappa shape index (κ1) is 12.8. The van der Waals surface area contributed by atoms with Crippen molar-refractivity contribution in [1.82, 2.24) is 4.57 Å². The molecule has 0 aromatic carbocycles. The van der Waals surface area contributed by atoms with Gasteiger partial charge in [0, 0.05) is 12.2 Å². The van der Waals surface area contributed by atoms with E-state index >= 15 is 0 Å². The van der Waals surface area contributed by atoms with Gasteiger partial charge < -0.3 is 9.30 Å². The monoisotopic (exact) mass is 197 g/mol. The quantitative estimate of drug-likeness (QED) is 0.729. The van der Waals surface area contributed by atoms with Gasteiger partial charge in [0.1, 0.15) is 0 Å². The van der Waals surface area contributed by atoms with Crippen molar-refractivity contribution in [1.29, 1.82) is 0 Å². The predicted octanol–water partition coefficient (Wildman–Crippen LogP) is 2.46. The first-order valence-electron chi connectivity index (χ1n) is 4.92. The van der Waals surface area contributed by atoms with Gasteiger partial charge in [-0.05, 0) is 26.0 Å². The van der Waals surface area contributed by atoms with Crippen molar-refractivity contribution < 1.29 is 4.74 Å². The van der Waals surface area contributed by atoms with Crippen LogP contribution in [0.1, 0.15) is 33.7 Å². The van der Waals surface area contributed by atoms with Gasteiger partial charge in [0.05, 0.1) is 7.11 Å². The van der Waals surface area contributed by atoms with E-state index in [1.54, 1.807) is 22.9 Å². The molecule has 3 heteroatoms. The number of hydrogen-bond donors (Lipinski definition) is 0. The van der Waals surface area contributed by atoms with Gasteiger partial charge in [-0.3, -0.25) is 4.79 Å². The van der Waals surface area contributed by atoms with E-state index in [-0.39, 0.29) is 11.6 Å². The summed E-state index contributed by atoms with van der Waals surface area (Å²) in [6.07, 6.45) is 1.76. The van der Waals surface area contributed by atoms with Crippen molar-refractivity contribution >= 4 is 0 Å². The van der Waals surface area contributed by atoms with Crippen molar-refractivity contribution in [2.24, 2.45) is 0 Å². The number of aromatic nitrogens is 1. The molecule has 1 rings (SSSR count). The molecule has 0 radical (unpaired) electrons. The Balaban J connectivity index is 0.000000791. The summed E-state index contributed by atoms with van der Waals surface area (Å²) in [4.78, 5) is 11.5. The largest absolute Gasteiger partial charge is 0.491 e. The Bertz CT molecular complexity index is 315. The third kappa shape index (κ3) is 2.91. The van der Waals surface area contributed by atoms with Gasteiger partial charge in [-0.15, -0.1) is 0 Å². The number of ether oxygens (including phenoxy) is 1. The third-order valence-corrected chi connectivity index (χ3v) is 1.72. The Kier molecular flexibility index (Phi) is 5.68. The lowest BCUT2D eigenvalue weighted by molar-refractivity contribution is 0.399. The normalized spacial score (nSPS) is 9.29. The van der Waals surface area contributed by atoms with Crippen molar-refractivity contribution in [3.8, 4) is 5.75 Å².